The molecule has 8 heteroatoms. The third kappa shape index (κ3) is 18.6. The van der Waals surface area contributed by atoms with Crippen LogP contribution in [0.15, 0.2) is 582 Å². The normalized spacial score (nSPS) is 11.1. The molecule has 24 rings (SSSR count). The lowest BCUT2D eigenvalue weighted by molar-refractivity contribution is 1.18. The quantitative estimate of drug-likeness (QED) is 0.0336. The summed E-state index contributed by atoms with van der Waals surface area (Å²) in [6.07, 6.45) is 0. The monoisotopic (exact) mass is 1990 g/mol. The minimum atomic E-state index is -2.72. The van der Waals surface area contributed by atoms with E-state index in [1.807, 2.05) is 23.1 Å². The number of benzene rings is 22. The fourth-order valence-electron chi connectivity index (χ4n) is 20.8. The molecule has 1 N–H and O–H groups in total. The van der Waals surface area contributed by atoms with Crippen LogP contribution in [0.4, 0.5) is 28.4 Å². The van der Waals surface area contributed by atoms with Crippen molar-refractivity contribution in [1.82, 2.24) is 9.13 Å². The topological polar surface area (TPSA) is 25.1 Å². The van der Waals surface area contributed by atoms with E-state index in [9.17, 15) is 0 Å². The lowest BCUT2D eigenvalue weighted by Gasteiger charge is -2.34. The van der Waals surface area contributed by atoms with Gasteiger partial charge in [0.15, 0.2) is 16.1 Å². The largest absolute Gasteiger partial charge is 0.355 e. The summed E-state index contributed by atoms with van der Waals surface area (Å²) in [7, 11) is -5.33. The highest BCUT2D eigenvalue weighted by atomic mass is 127. The van der Waals surface area contributed by atoms with Crippen LogP contribution < -0.4 is 51.7 Å². The molecule has 0 aliphatic heterocycles. The highest BCUT2D eigenvalue weighted by molar-refractivity contribution is 14.1. The minimum absolute atomic E-state index is 0. The van der Waals surface area contributed by atoms with E-state index in [2.05, 4.69) is 606 Å². The maximum Gasteiger partial charge on any atom is 0.179 e. The third-order valence-corrected chi connectivity index (χ3v) is 36.8. The molecule has 0 amide bonds. The molecule has 0 aliphatic carbocycles. The number of hydrogen-bond acceptors (Lipinski definition) is 2. The Balaban J connectivity index is 0.000000147. The number of hydrogen-bond donors (Lipinski definition) is 1. The molecule has 682 valence electrons. The SMILES string of the molecule is C.CI.Clc1ccc(-c2ccccc2-c2ccccc2)cc1.c1ccc(-c2ccccc2-c2ccc(N(c3ccc(-c4cccc([Si](c5ccccc5)(c5ccccc5)c5ccccc5)c4)cc3)c3cccc4c3c3ccccc3n4-c3ccccc3)cc2)cc1.c1ccc(-n2c3ccccc3c3c(Nc4ccc(-c5cccc([Si](c6ccccc6)(c6ccccc6)c6ccccc6)c5)cc4)cccc32)cc1. The van der Waals surface area contributed by atoms with Gasteiger partial charge in [0.1, 0.15) is 0 Å². The Morgan fingerprint density at radius 3 is 0.852 bits per heavy atom. The van der Waals surface area contributed by atoms with Gasteiger partial charge in [0.2, 0.25) is 0 Å². The van der Waals surface area contributed by atoms with Crippen LogP contribution in [0, 0.1) is 0 Å². The van der Waals surface area contributed by atoms with Gasteiger partial charge < -0.3 is 19.4 Å². The summed E-state index contributed by atoms with van der Waals surface area (Å²) in [5.74, 6) is 0. The van der Waals surface area contributed by atoms with E-state index in [1.54, 1.807) is 0 Å². The number of fused-ring (bicyclic) bond motifs is 6. The molecule has 142 heavy (non-hydrogen) atoms. The number of alkyl halides is 1. The smallest absolute Gasteiger partial charge is 0.179 e. The Bertz CT molecular complexity index is 8140. The average Bonchev–Trinajstić information content (AvgIpc) is 0.755. The Kier molecular flexibility index (Phi) is 28.4. The van der Waals surface area contributed by atoms with E-state index in [0.717, 1.165) is 50.4 Å². The zero-order valence-corrected chi connectivity index (χ0v) is 82.9. The molecule has 2 heterocycles. The first-order valence-corrected chi connectivity index (χ1v) is 54.4. The van der Waals surface area contributed by atoms with Gasteiger partial charge in [-0.1, -0.05) is 515 Å². The van der Waals surface area contributed by atoms with Gasteiger partial charge in [-0.2, -0.15) is 0 Å². The fourth-order valence-corrected chi connectivity index (χ4v) is 30.5. The van der Waals surface area contributed by atoms with Crippen molar-refractivity contribution in [2.75, 3.05) is 15.1 Å². The molecule has 0 spiro atoms. The van der Waals surface area contributed by atoms with Gasteiger partial charge >= 0.3 is 0 Å². The summed E-state index contributed by atoms with van der Waals surface area (Å²) in [4.78, 5) is 4.41. The third-order valence-electron chi connectivity index (χ3n) is 27.0. The van der Waals surface area contributed by atoms with Gasteiger partial charge in [-0.25, -0.2) is 0 Å². The maximum absolute atomic E-state index is 5.96. The van der Waals surface area contributed by atoms with E-state index in [1.165, 1.54) is 146 Å². The van der Waals surface area contributed by atoms with Gasteiger partial charge in [-0.3, -0.25) is 0 Å². The fraction of sp³-hybridized carbons (Fsp3) is 0.0149. The molecule has 22 aromatic carbocycles. The molecular weight excluding hydrogens is 1880 g/mol. The van der Waals surface area contributed by atoms with Crippen molar-refractivity contribution in [2.45, 2.75) is 7.43 Å². The summed E-state index contributed by atoms with van der Waals surface area (Å²) in [5.41, 5.74) is 26.9. The van der Waals surface area contributed by atoms with Crippen LogP contribution >= 0.6 is 34.2 Å². The molecule has 0 radical (unpaired) electrons. The van der Waals surface area contributed by atoms with E-state index in [-0.39, 0.29) is 7.43 Å². The predicted molar refractivity (Wildman–Crippen MR) is 624 cm³/mol. The molecule has 0 atom stereocenters. The Morgan fingerprint density at radius 2 is 0.479 bits per heavy atom. The number of rotatable bonds is 21. The number of aromatic nitrogens is 2. The van der Waals surface area contributed by atoms with Gasteiger partial charge in [0, 0.05) is 60.7 Å². The summed E-state index contributed by atoms with van der Waals surface area (Å²) in [6.45, 7) is 0. The molecule has 0 bridgehead atoms. The van der Waals surface area contributed by atoms with E-state index in [0.29, 0.717) is 0 Å². The van der Waals surface area contributed by atoms with Gasteiger partial charge in [0.25, 0.3) is 0 Å². The Morgan fingerprint density at radius 1 is 0.218 bits per heavy atom. The van der Waals surface area contributed by atoms with Crippen LogP contribution in [-0.4, -0.2) is 30.2 Å². The van der Waals surface area contributed by atoms with Gasteiger partial charge in [-0.05, 0) is 222 Å². The van der Waals surface area contributed by atoms with E-state index >= 15 is 0 Å². The van der Waals surface area contributed by atoms with Crippen molar-refractivity contribution in [3.05, 3.63) is 587 Å². The molecule has 0 aliphatic rings. The molecule has 24 aromatic rings. The zero-order chi connectivity index (χ0) is 95.1. The molecular formula is C134H104ClIN4Si2. The molecule has 0 saturated heterocycles. The van der Waals surface area contributed by atoms with E-state index < -0.39 is 16.1 Å². The van der Waals surface area contributed by atoms with Crippen LogP contribution in [0.2, 0.25) is 5.02 Å². The standard InChI is InChI=1S/C66H48N2Si.C48H36N2Si.C18H13Cl.CH3I.CH4/c1-6-22-50(23-7-1)60-34-16-17-35-61(60)51-42-46-55(47-43-51)67(64-38-21-39-65-66(64)62-36-18-19-37-63(62)68(65)53-25-8-2-9-26-53)54-44-40-49(41-45-54)52-24-20-33-59(48-52)69(56-27-10-3-11-28-56,57-29-12-4-13-30-57)58-31-14-5-15-32-58;1-5-18-39(19-6-1)50-46-29-14-13-27-44(46)48-45(28-16-30-47(48)50)49-38-33-31-36(32-34-38)37-17-15-26-43(35-37)51(40-20-7-2-8-21-40,41-22-9-3-10-23-41)42-24-11-4-12-25-42;19-16-12-10-15(11-13-16)18-9-5-4-8-17(18)14-6-2-1-3-7-14;1-2;/h1-48H;1-35,49H;1-13H;1H3;1H4. The van der Waals surface area contributed by atoms with Crippen LogP contribution in [0.5, 0.6) is 0 Å². The Labute approximate surface area is 853 Å². The summed E-state index contributed by atoms with van der Waals surface area (Å²) >= 11 is 8.11. The lowest BCUT2D eigenvalue weighted by atomic mass is 9.94. The molecule has 4 nitrogen and oxygen atoms in total. The maximum atomic E-state index is 5.96. The summed E-state index contributed by atoms with van der Waals surface area (Å²) in [6, 6.07) is 211. The average molecular weight is 1990 g/mol. The van der Waals surface area contributed by atoms with Crippen molar-refractivity contribution in [3.8, 4) is 78.1 Å². The molecule has 2 aromatic heterocycles. The second-order valence-corrected chi connectivity index (χ2v) is 43.1. The van der Waals surface area contributed by atoms with Crippen molar-refractivity contribution in [2.24, 2.45) is 0 Å². The number of para-hydroxylation sites is 4. The first-order chi connectivity index (χ1) is 69.9. The van der Waals surface area contributed by atoms with Crippen molar-refractivity contribution in [1.29, 1.82) is 0 Å². The second kappa shape index (κ2) is 43.3. The number of halogens is 2. The predicted octanol–water partition coefficient (Wildman–Crippen LogP) is 31.6. The summed E-state index contributed by atoms with van der Waals surface area (Å²) < 4.78 is 4.76. The van der Waals surface area contributed by atoms with E-state index in [4.69, 9.17) is 11.6 Å². The zero-order valence-electron chi connectivity index (χ0n) is 78.0. The van der Waals surface area contributed by atoms with Gasteiger partial charge in [0.05, 0.1) is 27.8 Å². The van der Waals surface area contributed by atoms with Gasteiger partial charge in [-0.15, -0.1) is 0 Å². The lowest BCUT2D eigenvalue weighted by Crippen LogP contribution is -2.74. The number of nitrogens with zero attached hydrogens (tertiary/aromatic N) is 3. The van der Waals surface area contributed by atoms with Crippen molar-refractivity contribution < 1.29 is 0 Å². The minimum Gasteiger partial charge on any atom is -0.355 e. The molecule has 0 unspecified atom stereocenters. The molecule has 0 saturated carbocycles. The van der Waals surface area contributed by atoms with Crippen LogP contribution in [0.3, 0.4) is 0 Å². The highest BCUT2D eigenvalue weighted by Gasteiger charge is 2.43. The second-order valence-electron chi connectivity index (χ2n) is 35.1. The molecule has 0 fully saturated rings. The Hall–Kier alpha value is -16.5. The van der Waals surface area contributed by atoms with Crippen LogP contribution in [0.25, 0.3) is 122 Å². The van der Waals surface area contributed by atoms with Crippen molar-refractivity contribution >= 4 is 164 Å². The summed E-state index contributed by atoms with van der Waals surface area (Å²) in [5, 5.41) is 20.3. The van der Waals surface area contributed by atoms with Crippen LogP contribution in [0.1, 0.15) is 7.43 Å². The van der Waals surface area contributed by atoms with Crippen molar-refractivity contribution in [3.63, 3.8) is 0 Å². The number of nitrogens with one attached hydrogen (secondary N) is 1. The first kappa shape index (κ1) is 93.2. The number of anilines is 5. The highest BCUT2D eigenvalue weighted by Crippen LogP contribution is 2.46. The van der Waals surface area contributed by atoms with Crippen LogP contribution in [-0.2, 0) is 0 Å². The first-order valence-electron chi connectivity index (χ1n) is 47.9.